The van der Waals surface area contributed by atoms with Gasteiger partial charge in [-0.15, -0.1) is 10.2 Å². The number of carbonyl (C=O) groups excluding carboxylic acids is 1. The normalized spacial score (nSPS) is 11.9. The molecular weight excluding hydrogens is 405 g/mol. The quantitative estimate of drug-likeness (QED) is 0.581. The Labute approximate surface area is 169 Å². The molecule has 0 aliphatic rings. The second kappa shape index (κ2) is 8.99. The highest BCUT2D eigenvalue weighted by atomic mass is 32.2. The van der Waals surface area contributed by atoms with E-state index in [1.165, 1.54) is 24.3 Å². The Kier molecular flexibility index (Phi) is 6.42. The summed E-state index contributed by atoms with van der Waals surface area (Å²) in [5.41, 5.74) is 0.0973. The number of hydrogen-bond donors (Lipinski definition) is 1. The zero-order valence-electron chi connectivity index (χ0n) is 15.5. The molecule has 0 radical (unpaired) electrons. The van der Waals surface area contributed by atoms with Gasteiger partial charge < -0.3 is 14.6 Å². The lowest BCUT2D eigenvalue weighted by Crippen LogP contribution is -2.15. The Balaban J connectivity index is 1.61. The molecule has 0 fully saturated rings. The number of nitrogens with one attached hydrogen (secondary N) is 1. The molecule has 1 unspecified atom stereocenters. The molecule has 0 aliphatic carbocycles. The number of rotatable bonds is 7. The summed E-state index contributed by atoms with van der Waals surface area (Å²) in [4.78, 5) is 12.0. The Morgan fingerprint density at radius 3 is 2.66 bits per heavy atom. The molecule has 1 heterocycles. The number of ether oxygens (including phenoxy) is 1. The molecule has 10 heteroatoms. The molecule has 0 saturated heterocycles. The average molecular weight is 422 g/mol. The van der Waals surface area contributed by atoms with E-state index < -0.39 is 29.5 Å². The lowest BCUT2D eigenvalue weighted by molar-refractivity contribution is -0.113. The van der Waals surface area contributed by atoms with Gasteiger partial charge in [-0.3, -0.25) is 4.79 Å². The Bertz CT molecular complexity index is 1030. The van der Waals surface area contributed by atoms with E-state index in [1.54, 1.807) is 24.6 Å². The first-order valence-corrected chi connectivity index (χ1v) is 9.52. The highest BCUT2D eigenvalue weighted by molar-refractivity contribution is 7.99. The number of nitrogens with zero attached hydrogens (tertiary/aromatic N) is 3. The molecule has 3 aromatic rings. The van der Waals surface area contributed by atoms with Crippen LogP contribution in [0.15, 0.2) is 47.6 Å². The summed E-state index contributed by atoms with van der Waals surface area (Å²) in [6.07, 6.45) is -0.672. The van der Waals surface area contributed by atoms with Crippen molar-refractivity contribution in [3.05, 3.63) is 65.7 Å². The number of aromatic nitrogens is 3. The van der Waals surface area contributed by atoms with Crippen LogP contribution in [0, 0.1) is 17.5 Å². The molecule has 3 rings (SSSR count). The lowest BCUT2D eigenvalue weighted by Gasteiger charge is -2.14. The third kappa shape index (κ3) is 5.08. The number of carbonyl (C=O) groups is 1. The second-order valence-corrected chi connectivity index (χ2v) is 6.99. The minimum atomic E-state index is -0.821. The van der Waals surface area contributed by atoms with Gasteiger partial charge in [-0.2, -0.15) is 0 Å². The van der Waals surface area contributed by atoms with Crippen molar-refractivity contribution in [1.82, 2.24) is 14.8 Å². The van der Waals surface area contributed by atoms with E-state index in [0.29, 0.717) is 11.0 Å². The van der Waals surface area contributed by atoms with Gasteiger partial charge in [-0.05, 0) is 31.2 Å². The van der Waals surface area contributed by atoms with Gasteiger partial charge in [0.25, 0.3) is 0 Å². The fraction of sp³-hybridized carbons (Fsp3) is 0.211. The van der Waals surface area contributed by atoms with Crippen molar-refractivity contribution in [3.8, 4) is 5.75 Å². The van der Waals surface area contributed by atoms with E-state index in [1.807, 2.05) is 0 Å². The van der Waals surface area contributed by atoms with Crippen molar-refractivity contribution in [2.24, 2.45) is 7.05 Å². The van der Waals surface area contributed by atoms with Crippen LogP contribution in [-0.4, -0.2) is 26.4 Å². The third-order valence-corrected chi connectivity index (χ3v) is 4.93. The number of hydrogen-bond acceptors (Lipinski definition) is 5. The molecular formula is C19H17F3N4O2S. The van der Waals surface area contributed by atoms with Crippen molar-refractivity contribution in [2.75, 3.05) is 11.1 Å². The van der Waals surface area contributed by atoms with Crippen molar-refractivity contribution in [1.29, 1.82) is 0 Å². The van der Waals surface area contributed by atoms with Crippen LogP contribution in [0.2, 0.25) is 0 Å². The van der Waals surface area contributed by atoms with Gasteiger partial charge >= 0.3 is 0 Å². The molecule has 152 valence electrons. The van der Waals surface area contributed by atoms with Gasteiger partial charge in [-0.25, -0.2) is 13.2 Å². The minimum absolute atomic E-state index is 0.0118. The van der Waals surface area contributed by atoms with Crippen LogP contribution in [0.25, 0.3) is 0 Å². The van der Waals surface area contributed by atoms with Crippen molar-refractivity contribution < 1.29 is 22.7 Å². The average Bonchev–Trinajstić information content (AvgIpc) is 3.05. The van der Waals surface area contributed by atoms with E-state index >= 15 is 0 Å². The lowest BCUT2D eigenvalue weighted by atomic mass is 10.3. The minimum Gasteiger partial charge on any atom is -0.480 e. The van der Waals surface area contributed by atoms with E-state index in [4.69, 9.17) is 4.74 Å². The maximum atomic E-state index is 13.8. The predicted octanol–water partition coefficient (Wildman–Crippen LogP) is 4.10. The number of anilines is 1. The smallest absolute Gasteiger partial charge is 0.234 e. The highest BCUT2D eigenvalue weighted by Gasteiger charge is 2.19. The Morgan fingerprint density at radius 1 is 1.17 bits per heavy atom. The first kappa shape index (κ1) is 20.7. The molecule has 29 heavy (non-hydrogen) atoms. The summed E-state index contributed by atoms with van der Waals surface area (Å²) in [5, 5.41) is 10.9. The number of halogens is 3. The second-order valence-electron chi connectivity index (χ2n) is 6.05. The fourth-order valence-electron chi connectivity index (χ4n) is 2.50. The summed E-state index contributed by atoms with van der Waals surface area (Å²) in [7, 11) is 1.67. The summed E-state index contributed by atoms with van der Waals surface area (Å²) in [6.45, 7) is 1.64. The van der Waals surface area contributed by atoms with Gasteiger partial charge in [0.15, 0.2) is 28.7 Å². The van der Waals surface area contributed by atoms with Gasteiger partial charge in [0.2, 0.25) is 5.91 Å². The standard InChI is InChI=1S/C19H17F3N4O2S/c1-11(28-16-8-7-12(20)9-14(16)22)18-24-25-19(26(18)2)29-10-17(27)23-15-6-4-3-5-13(15)21/h3-9,11H,10H2,1-2H3,(H,23,27). The van der Waals surface area contributed by atoms with Gasteiger partial charge in [-0.1, -0.05) is 23.9 Å². The molecule has 1 aromatic heterocycles. The molecule has 0 spiro atoms. The third-order valence-electron chi connectivity index (χ3n) is 3.91. The highest BCUT2D eigenvalue weighted by Crippen LogP contribution is 2.26. The van der Waals surface area contributed by atoms with Gasteiger partial charge in [0.1, 0.15) is 11.6 Å². The van der Waals surface area contributed by atoms with Crippen molar-refractivity contribution >= 4 is 23.4 Å². The largest absolute Gasteiger partial charge is 0.480 e. The molecule has 1 atom stereocenters. The first-order chi connectivity index (χ1) is 13.8. The topological polar surface area (TPSA) is 69.0 Å². The summed E-state index contributed by atoms with van der Waals surface area (Å²) in [6, 6.07) is 8.88. The number of benzene rings is 2. The SMILES string of the molecule is CC(Oc1ccc(F)cc1F)c1nnc(SCC(=O)Nc2ccccc2F)n1C. The Hall–Kier alpha value is -3.01. The molecule has 0 bridgehead atoms. The predicted molar refractivity (Wildman–Crippen MR) is 102 cm³/mol. The molecule has 6 nitrogen and oxygen atoms in total. The van der Waals surface area contributed by atoms with E-state index in [0.717, 1.165) is 23.9 Å². The van der Waals surface area contributed by atoms with E-state index in [2.05, 4.69) is 15.5 Å². The van der Waals surface area contributed by atoms with E-state index in [9.17, 15) is 18.0 Å². The molecule has 1 N–H and O–H groups in total. The summed E-state index contributed by atoms with van der Waals surface area (Å²) >= 11 is 1.11. The summed E-state index contributed by atoms with van der Waals surface area (Å²) < 4.78 is 47.5. The van der Waals surface area contributed by atoms with Crippen LogP contribution >= 0.6 is 11.8 Å². The van der Waals surface area contributed by atoms with Crippen LogP contribution < -0.4 is 10.1 Å². The van der Waals surface area contributed by atoms with Crippen LogP contribution in [-0.2, 0) is 11.8 Å². The van der Waals surface area contributed by atoms with Crippen LogP contribution in [0.5, 0.6) is 5.75 Å². The van der Waals surface area contributed by atoms with Crippen LogP contribution in [0.4, 0.5) is 18.9 Å². The first-order valence-electron chi connectivity index (χ1n) is 8.53. The number of thioether (sulfide) groups is 1. The fourth-order valence-corrected chi connectivity index (χ4v) is 3.22. The molecule has 1 amide bonds. The zero-order valence-corrected chi connectivity index (χ0v) is 16.3. The van der Waals surface area contributed by atoms with Gasteiger partial charge in [0.05, 0.1) is 11.4 Å². The van der Waals surface area contributed by atoms with Crippen LogP contribution in [0.3, 0.4) is 0 Å². The molecule has 2 aromatic carbocycles. The van der Waals surface area contributed by atoms with Crippen molar-refractivity contribution in [3.63, 3.8) is 0 Å². The zero-order chi connectivity index (χ0) is 21.0. The van der Waals surface area contributed by atoms with Crippen molar-refractivity contribution in [2.45, 2.75) is 18.2 Å². The number of amides is 1. The molecule has 0 aliphatic heterocycles. The Morgan fingerprint density at radius 2 is 1.93 bits per heavy atom. The van der Waals surface area contributed by atoms with Crippen LogP contribution in [0.1, 0.15) is 18.9 Å². The maximum absolute atomic E-state index is 13.8. The maximum Gasteiger partial charge on any atom is 0.234 e. The summed E-state index contributed by atoms with van der Waals surface area (Å²) in [5.74, 6) is -2.17. The number of para-hydroxylation sites is 1. The molecule has 0 saturated carbocycles. The monoisotopic (exact) mass is 422 g/mol. The van der Waals surface area contributed by atoms with E-state index in [-0.39, 0.29) is 17.2 Å². The van der Waals surface area contributed by atoms with Gasteiger partial charge in [0, 0.05) is 13.1 Å².